The van der Waals surface area contributed by atoms with Gasteiger partial charge in [-0.15, -0.1) is 0 Å². The molecule has 1 aromatic carbocycles. The van der Waals surface area contributed by atoms with Crippen LogP contribution in [0.3, 0.4) is 0 Å². The number of nitrogens with one attached hydrogen (secondary N) is 1. The highest BCUT2D eigenvalue weighted by Gasteiger charge is 2.19. The van der Waals surface area contributed by atoms with Crippen LogP contribution >= 0.6 is 0 Å². The van der Waals surface area contributed by atoms with Crippen molar-refractivity contribution in [2.45, 2.75) is 32.8 Å². The molecule has 0 bridgehead atoms. The van der Waals surface area contributed by atoms with Gasteiger partial charge < -0.3 is 10.5 Å². The summed E-state index contributed by atoms with van der Waals surface area (Å²) in [7, 11) is 0. The number of hydrogen-bond donors (Lipinski definition) is 2. The van der Waals surface area contributed by atoms with E-state index < -0.39 is 0 Å². The average Bonchev–Trinajstić information content (AvgIpc) is 2.74. The van der Waals surface area contributed by atoms with Crippen LogP contribution in [0.5, 0.6) is 5.75 Å². The van der Waals surface area contributed by atoms with Gasteiger partial charge >= 0.3 is 0 Å². The maximum atomic E-state index is 5.67. The van der Waals surface area contributed by atoms with E-state index in [0.29, 0.717) is 18.1 Å². The van der Waals surface area contributed by atoms with E-state index in [1.807, 2.05) is 18.2 Å². The van der Waals surface area contributed by atoms with E-state index in [0.717, 1.165) is 11.6 Å². The summed E-state index contributed by atoms with van der Waals surface area (Å²) >= 11 is 0. The number of hydrogen-bond acceptors (Lipinski definition) is 4. The second-order valence-corrected chi connectivity index (χ2v) is 5.22. The lowest BCUT2D eigenvalue weighted by Gasteiger charge is -2.11. The molecule has 18 heavy (non-hydrogen) atoms. The topological polar surface area (TPSA) is 76.8 Å². The molecular formula is C13H18N4O. The predicted octanol–water partition coefficient (Wildman–Crippen LogP) is 2.26. The number of nitrogens with two attached hydrogens (primary N) is 1. The molecule has 0 aliphatic heterocycles. The lowest BCUT2D eigenvalue weighted by Crippen LogP contribution is -2.13. The number of aromatic amines is 1. The van der Waals surface area contributed by atoms with Crippen LogP contribution in [0.15, 0.2) is 24.3 Å². The van der Waals surface area contributed by atoms with Crippen LogP contribution in [0, 0.1) is 0 Å². The van der Waals surface area contributed by atoms with Gasteiger partial charge in [0, 0.05) is 17.2 Å². The molecule has 0 unspecified atom stereocenters. The number of aromatic nitrogens is 3. The maximum absolute atomic E-state index is 5.67. The molecule has 0 amide bonds. The van der Waals surface area contributed by atoms with Gasteiger partial charge in [0.05, 0.1) is 0 Å². The third-order valence-electron chi connectivity index (χ3n) is 2.44. The number of H-pyrrole nitrogens is 1. The van der Waals surface area contributed by atoms with Crippen molar-refractivity contribution in [1.29, 1.82) is 0 Å². The van der Waals surface area contributed by atoms with E-state index in [1.165, 1.54) is 0 Å². The summed E-state index contributed by atoms with van der Waals surface area (Å²) in [6.45, 7) is 6.56. The fraction of sp³-hybridized carbons (Fsp3) is 0.385. The minimum Gasteiger partial charge on any atom is -0.486 e. The normalized spacial score (nSPS) is 11.5. The Morgan fingerprint density at radius 3 is 2.72 bits per heavy atom. The Hall–Kier alpha value is -2.04. The number of benzene rings is 1. The average molecular weight is 246 g/mol. The Balaban J connectivity index is 2.01. The van der Waals surface area contributed by atoms with Gasteiger partial charge in [-0.05, 0) is 12.1 Å². The van der Waals surface area contributed by atoms with E-state index in [9.17, 15) is 0 Å². The first kappa shape index (κ1) is 12.4. The summed E-state index contributed by atoms with van der Waals surface area (Å²) in [6, 6.07) is 7.31. The van der Waals surface area contributed by atoms with Gasteiger partial charge in [-0.1, -0.05) is 26.8 Å². The number of rotatable bonds is 3. The number of anilines is 1. The quantitative estimate of drug-likeness (QED) is 0.814. The monoisotopic (exact) mass is 246 g/mol. The summed E-state index contributed by atoms with van der Waals surface area (Å²) in [5.41, 5.74) is 6.29. The standard InChI is InChI=1S/C13H18N4O/c1-13(2,3)12-15-11(16-17-12)8-18-10-6-4-5-9(14)7-10/h4-7H,8,14H2,1-3H3,(H,15,16,17). The van der Waals surface area contributed by atoms with Crippen molar-refractivity contribution in [2.24, 2.45) is 0 Å². The summed E-state index contributed by atoms with van der Waals surface area (Å²) < 4.78 is 5.59. The van der Waals surface area contributed by atoms with Gasteiger partial charge in [0.1, 0.15) is 12.4 Å². The van der Waals surface area contributed by atoms with Crippen molar-refractivity contribution in [3.63, 3.8) is 0 Å². The number of nitrogen functional groups attached to an aromatic ring is 1. The molecule has 2 rings (SSSR count). The van der Waals surface area contributed by atoms with Crippen molar-refractivity contribution in [3.8, 4) is 5.75 Å². The lowest BCUT2D eigenvalue weighted by molar-refractivity contribution is 0.296. The molecule has 2 aromatic rings. The third kappa shape index (κ3) is 3.00. The zero-order valence-electron chi connectivity index (χ0n) is 10.9. The van der Waals surface area contributed by atoms with Gasteiger partial charge in [-0.2, -0.15) is 5.10 Å². The first-order valence-corrected chi connectivity index (χ1v) is 5.85. The molecule has 96 valence electrons. The molecule has 5 heteroatoms. The van der Waals surface area contributed by atoms with Crippen LogP contribution in [-0.2, 0) is 12.0 Å². The predicted molar refractivity (Wildman–Crippen MR) is 70.3 cm³/mol. The van der Waals surface area contributed by atoms with Crippen LogP contribution in [0.4, 0.5) is 5.69 Å². The number of ether oxygens (including phenoxy) is 1. The molecule has 0 saturated heterocycles. The van der Waals surface area contributed by atoms with E-state index in [1.54, 1.807) is 6.07 Å². The first-order valence-electron chi connectivity index (χ1n) is 5.85. The summed E-state index contributed by atoms with van der Waals surface area (Å²) in [5, 5.41) is 7.06. The molecule has 0 aliphatic carbocycles. The molecule has 0 aliphatic rings. The highest BCUT2D eigenvalue weighted by atomic mass is 16.5. The van der Waals surface area contributed by atoms with E-state index in [-0.39, 0.29) is 5.41 Å². The van der Waals surface area contributed by atoms with Crippen LogP contribution in [0.2, 0.25) is 0 Å². The second kappa shape index (κ2) is 4.68. The van der Waals surface area contributed by atoms with Crippen LogP contribution < -0.4 is 10.5 Å². The van der Waals surface area contributed by atoms with Gasteiger partial charge in [0.2, 0.25) is 0 Å². The van der Waals surface area contributed by atoms with Crippen LogP contribution in [0.1, 0.15) is 32.4 Å². The Labute approximate surface area is 106 Å². The van der Waals surface area contributed by atoms with Gasteiger partial charge in [-0.3, -0.25) is 5.10 Å². The summed E-state index contributed by atoms with van der Waals surface area (Å²) in [6.07, 6.45) is 0. The molecular weight excluding hydrogens is 228 g/mol. The largest absolute Gasteiger partial charge is 0.486 e. The summed E-state index contributed by atoms with van der Waals surface area (Å²) in [4.78, 5) is 4.40. The minimum atomic E-state index is -0.0636. The Kier molecular flexibility index (Phi) is 3.23. The lowest BCUT2D eigenvalue weighted by atomic mass is 9.96. The minimum absolute atomic E-state index is 0.0636. The Bertz CT molecular complexity index is 528. The fourth-order valence-electron chi connectivity index (χ4n) is 1.45. The van der Waals surface area contributed by atoms with Crippen molar-refractivity contribution in [2.75, 3.05) is 5.73 Å². The third-order valence-corrected chi connectivity index (χ3v) is 2.44. The van der Waals surface area contributed by atoms with Gasteiger partial charge in [0.25, 0.3) is 0 Å². The molecule has 0 fully saturated rings. The van der Waals surface area contributed by atoms with E-state index in [4.69, 9.17) is 10.5 Å². The number of nitrogens with zero attached hydrogens (tertiary/aromatic N) is 2. The molecule has 1 heterocycles. The van der Waals surface area contributed by atoms with Gasteiger partial charge in [0.15, 0.2) is 11.6 Å². The molecule has 0 atom stereocenters. The van der Waals surface area contributed by atoms with Crippen molar-refractivity contribution in [1.82, 2.24) is 15.2 Å². The Morgan fingerprint density at radius 2 is 2.11 bits per heavy atom. The first-order chi connectivity index (χ1) is 8.45. The molecule has 0 radical (unpaired) electrons. The smallest absolute Gasteiger partial charge is 0.162 e. The SMILES string of the molecule is CC(C)(C)c1n[nH]c(COc2cccc(N)c2)n1. The highest BCUT2D eigenvalue weighted by Crippen LogP contribution is 2.18. The van der Waals surface area contributed by atoms with Crippen LogP contribution in [0.25, 0.3) is 0 Å². The fourth-order valence-corrected chi connectivity index (χ4v) is 1.45. The second-order valence-electron chi connectivity index (χ2n) is 5.22. The molecule has 3 N–H and O–H groups in total. The molecule has 5 nitrogen and oxygen atoms in total. The van der Waals surface area contributed by atoms with E-state index in [2.05, 4.69) is 36.0 Å². The highest BCUT2D eigenvalue weighted by molar-refractivity contribution is 5.43. The van der Waals surface area contributed by atoms with Crippen molar-refractivity contribution < 1.29 is 4.74 Å². The Morgan fingerprint density at radius 1 is 1.33 bits per heavy atom. The molecule has 0 saturated carbocycles. The van der Waals surface area contributed by atoms with E-state index >= 15 is 0 Å². The van der Waals surface area contributed by atoms with Gasteiger partial charge in [-0.25, -0.2) is 4.98 Å². The molecule has 0 spiro atoms. The van der Waals surface area contributed by atoms with Crippen molar-refractivity contribution >= 4 is 5.69 Å². The summed E-state index contributed by atoms with van der Waals surface area (Å²) in [5.74, 6) is 2.22. The van der Waals surface area contributed by atoms with Crippen molar-refractivity contribution in [3.05, 3.63) is 35.9 Å². The molecule has 1 aromatic heterocycles. The van der Waals surface area contributed by atoms with Crippen LogP contribution in [-0.4, -0.2) is 15.2 Å². The zero-order chi connectivity index (χ0) is 13.2. The zero-order valence-corrected chi connectivity index (χ0v) is 10.9. The maximum Gasteiger partial charge on any atom is 0.162 e.